The first-order valence-electron chi connectivity index (χ1n) is 4.10. The average molecular weight is 150 g/mol. The first kappa shape index (κ1) is 8.18. The van der Waals surface area contributed by atoms with E-state index in [-0.39, 0.29) is 0 Å². The van der Waals surface area contributed by atoms with Crippen molar-refractivity contribution in [1.29, 1.82) is 0 Å². The van der Waals surface area contributed by atoms with Gasteiger partial charge in [0.25, 0.3) is 0 Å². The van der Waals surface area contributed by atoms with Gasteiger partial charge in [-0.3, -0.25) is 0 Å². The predicted octanol–water partition coefficient (Wildman–Crippen LogP) is 2.13. The molecule has 0 bridgehead atoms. The van der Waals surface area contributed by atoms with Gasteiger partial charge in [0.1, 0.15) is 6.33 Å². The first-order chi connectivity index (χ1) is 5.33. The minimum absolute atomic E-state index is 1.06. The van der Waals surface area contributed by atoms with Gasteiger partial charge in [-0.2, -0.15) is 0 Å². The zero-order valence-electron chi connectivity index (χ0n) is 7.17. The Bertz CT molecular complexity index is 221. The van der Waals surface area contributed by atoms with Crippen LogP contribution in [0.1, 0.15) is 31.2 Å². The lowest BCUT2D eigenvalue weighted by molar-refractivity contribution is 0.771. The van der Waals surface area contributed by atoms with Gasteiger partial charge in [0.2, 0.25) is 0 Å². The summed E-state index contributed by atoms with van der Waals surface area (Å²) in [5.41, 5.74) is 2.23. The van der Waals surface area contributed by atoms with E-state index in [0.29, 0.717) is 0 Å². The molecule has 2 heteroatoms. The van der Waals surface area contributed by atoms with Crippen LogP contribution in [0.3, 0.4) is 0 Å². The molecule has 0 atom stereocenters. The van der Waals surface area contributed by atoms with Crippen molar-refractivity contribution in [1.82, 2.24) is 9.97 Å². The molecule has 1 aromatic rings. The number of aryl methyl sites for hydroxylation is 2. The highest BCUT2D eigenvalue weighted by Gasteiger charge is 1.93. The maximum Gasteiger partial charge on any atom is 0.115 e. The lowest BCUT2D eigenvalue weighted by Gasteiger charge is -1.97. The van der Waals surface area contributed by atoms with Gasteiger partial charge in [0.05, 0.1) is 0 Å². The quantitative estimate of drug-likeness (QED) is 0.659. The predicted molar refractivity (Wildman–Crippen MR) is 45.4 cm³/mol. The molecule has 0 saturated carbocycles. The second-order valence-electron chi connectivity index (χ2n) is 2.75. The fourth-order valence-electron chi connectivity index (χ4n) is 1.00. The minimum Gasteiger partial charge on any atom is -0.242 e. The Balaban J connectivity index is 2.56. The van der Waals surface area contributed by atoms with Gasteiger partial charge in [0, 0.05) is 11.4 Å². The van der Waals surface area contributed by atoms with Gasteiger partial charge >= 0.3 is 0 Å². The summed E-state index contributed by atoms with van der Waals surface area (Å²) >= 11 is 0. The van der Waals surface area contributed by atoms with Gasteiger partial charge in [-0.05, 0) is 25.8 Å². The molecular formula is C9H14N2. The molecule has 0 amide bonds. The molecule has 0 fully saturated rings. The van der Waals surface area contributed by atoms with Gasteiger partial charge < -0.3 is 0 Å². The Morgan fingerprint density at radius 3 is 2.82 bits per heavy atom. The largest absolute Gasteiger partial charge is 0.242 e. The minimum atomic E-state index is 1.06. The summed E-state index contributed by atoms with van der Waals surface area (Å²) in [5, 5.41) is 0. The Morgan fingerprint density at radius 1 is 1.36 bits per heavy atom. The zero-order valence-corrected chi connectivity index (χ0v) is 7.17. The number of nitrogens with zero attached hydrogens (tertiary/aromatic N) is 2. The number of unbranched alkanes of at least 4 members (excludes halogenated alkanes) is 1. The molecule has 0 unspecified atom stereocenters. The van der Waals surface area contributed by atoms with Gasteiger partial charge in [-0.25, -0.2) is 9.97 Å². The van der Waals surface area contributed by atoms with E-state index in [4.69, 9.17) is 0 Å². The molecule has 0 spiro atoms. The van der Waals surface area contributed by atoms with Crippen molar-refractivity contribution in [3.05, 3.63) is 23.8 Å². The van der Waals surface area contributed by atoms with Crippen LogP contribution in [0.5, 0.6) is 0 Å². The lowest BCUT2D eigenvalue weighted by Crippen LogP contribution is -1.92. The monoisotopic (exact) mass is 150 g/mol. The second kappa shape index (κ2) is 4.06. The van der Waals surface area contributed by atoms with Crippen molar-refractivity contribution in [2.75, 3.05) is 0 Å². The van der Waals surface area contributed by atoms with Crippen molar-refractivity contribution in [3.63, 3.8) is 0 Å². The normalized spacial score (nSPS) is 10.0. The Hall–Kier alpha value is -0.920. The Labute approximate surface area is 67.7 Å². The second-order valence-corrected chi connectivity index (χ2v) is 2.75. The summed E-state index contributed by atoms with van der Waals surface area (Å²) in [4.78, 5) is 8.20. The first-order valence-corrected chi connectivity index (χ1v) is 4.10. The van der Waals surface area contributed by atoms with Crippen molar-refractivity contribution in [2.24, 2.45) is 0 Å². The fraction of sp³-hybridized carbons (Fsp3) is 0.556. The molecule has 0 saturated heterocycles. The number of hydrogen-bond acceptors (Lipinski definition) is 2. The molecule has 0 aliphatic heterocycles. The summed E-state index contributed by atoms with van der Waals surface area (Å²) in [6.45, 7) is 4.19. The standard InChI is InChI=1S/C9H14N2/c1-3-4-5-9-6-8(2)10-7-11-9/h6-7H,3-5H2,1-2H3. The van der Waals surface area contributed by atoms with E-state index in [9.17, 15) is 0 Å². The van der Waals surface area contributed by atoms with Gasteiger partial charge in [-0.15, -0.1) is 0 Å². The van der Waals surface area contributed by atoms with Crippen LogP contribution in [0.2, 0.25) is 0 Å². The van der Waals surface area contributed by atoms with E-state index < -0.39 is 0 Å². The van der Waals surface area contributed by atoms with E-state index in [1.54, 1.807) is 6.33 Å². The van der Waals surface area contributed by atoms with Crippen LogP contribution in [0, 0.1) is 6.92 Å². The van der Waals surface area contributed by atoms with E-state index >= 15 is 0 Å². The van der Waals surface area contributed by atoms with Crippen LogP contribution in [0.25, 0.3) is 0 Å². The van der Waals surface area contributed by atoms with Crippen molar-refractivity contribution in [2.45, 2.75) is 33.1 Å². The van der Waals surface area contributed by atoms with Crippen LogP contribution in [0.4, 0.5) is 0 Å². The third-order valence-electron chi connectivity index (χ3n) is 1.65. The Kier molecular flexibility index (Phi) is 3.02. The van der Waals surface area contributed by atoms with Crippen LogP contribution < -0.4 is 0 Å². The van der Waals surface area contributed by atoms with Crippen molar-refractivity contribution in [3.8, 4) is 0 Å². The summed E-state index contributed by atoms with van der Waals surface area (Å²) in [6.07, 6.45) is 5.17. The summed E-state index contributed by atoms with van der Waals surface area (Å²) in [5.74, 6) is 0. The molecule has 11 heavy (non-hydrogen) atoms. The van der Waals surface area contributed by atoms with E-state index in [1.807, 2.05) is 6.92 Å². The molecule has 1 rings (SSSR count). The molecule has 1 heterocycles. The summed E-state index contributed by atoms with van der Waals surface area (Å²) < 4.78 is 0. The molecule has 1 aromatic heterocycles. The van der Waals surface area contributed by atoms with Gasteiger partial charge in [0.15, 0.2) is 0 Å². The van der Waals surface area contributed by atoms with Crippen molar-refractivity contribution >= 4 is 0 Å². The van der Waals surface area contributed by atoms with Crippen LogP contribution in [0.15, 0.2) is 12.4 Å². The maximum atomic E-state index is 4.17. The van der Waals surface area contributed by atoms with E-state index in [2.05, 4.69) is 23.0 Å². The maximum absolute atomic E-state index is 4.17. The Morgan fingerprint density at radius 2 is 2.18 bits per heavy atom. The average Bonchev–Trinajstić information content (AvgIpc) is 2.01. The third-order valence-corrected chi connectivity index (χ3v) is 1.65. The van der Waals surface area contributed by atoms with Crippen LogP contribution >= 0.6 is 0 Å². The SMILES string of the molecule is CCCCc1cc(C)ncn1. The topological polar surface area (TPSA) is 25.8 Å². The molecule has 0 aliphatic rings. The highest BCUT2D eigenvalue weighted by Crippen LogP contribution is 2.01. The molecule has 0 radical (unpaired) electrons. The number of rotatable bonds is 3. The smallest absolute Gasteiger partial charge is 0.115 e. The molecule has 2 nitrogen and oxygen atoms in total. The van der Waals surface area contributed by atoms with Crippen LogP contribution in [-0.2, 0) is 6.42 Å². The molecule has 0 aliphatic carbocycles. The fourth-order valence-corrected chi connectivity index (χ4v) is 1.00. The molecular weight excluding hydrogens is 136 g/mol. The molecule has 0 N–H and O–H groups in total. The lowest BCUT2D eigenvalue weighted by atomic mass is 10.2. The highest BCUT2D eigenvalue weighted by atomic mass is 14.8. The van der Waals surface area contributed by atoms with Gasteiger partial charge in [-0.1, -0.05) is 13.3 Å². The van der Waals surface area contributed by atoms with E-state index in [1.165, 1.54) is 18.5 Å². The van der Waals surface area contributed by atoms with Crippen LogP contribution in [-0.4, -0.2) is 9.97 Å². The summed E-state index contributed by atoms with van der Waals surface area (Å²) in [6, 6.07) is 2.05. The zero-order chi connectivity index (χ0) is 8.10. The molecule has 60 valence electrons. The van der Waals surface area contributed by atoms with E-state index in [0.717, 1.165) is 12.1 Å². The summed E-state index contributed by atoms with van der Waals surface area (Å²) in [7, 11) is 0. The molecule has 0 aromatic carbocycles. The van der Waals surface area contributed by atoms with Crippen molar-refractivity contribution < 1.29 is 0 Å². The highest BCUT2D eigenvalue weighted by molar-refractivity contribution is 5.06. The number of aromatic nitrogens is 2. The third kappa shape index (κ3) is 2.66. The number of hydrogen-bond donors (Lipinski definition) is 0.